The van der Waals surface area contributed by atoms with Gasteiger partial charge >= 0.3 is 0 Å². The molecule has 1 aliphatic heterocycles. The van der Waals surface area contributed by atoms with Crippen LogP contribution in [0.3, 0.4) is 0 Å². The zero-order valence-corrected chi connectivity index (χ0v) is 14.3. The molecule has 0 radical (unpaired) electrons. The van der Waals surface area contributed by atoms with E-state index in [0.717, 1.165) is 4.90 Å². The summed E-state index contributed by atoms with van der Waals surface area (Å²) in [4.78, 5) is 27.1. The van der Waals surface area contributed by atoms with Crippen molar-refractivity contribution in [3.63, 3.8) is 0 Å². The van der Waals surface area contributed by atoms with Crippen LogP contribution in [0, 0.1) is 0 Å². The van der Waals surface area contributed by atoms with Crippen molar-refractivity contribution in [1.29, 1.82) is 0 Å². The molecule has 21 heavy (non-hydrogen) atoms. The van der Waals surface area contributed by atoms with E-state index in [2.05, 4.69) is 5.32 Å². The lowest BCUT2D eigenvalue weighted by Crippen LogP contribution is -2.63. The Balaban J connectivity index is 2.42. The lowest BCUT2D eigenvalue weighted by Gasteiger charge is -2.41. The third kappa shape index (κ3) is 3.00. The molecule has 1 aliphatic rings. The molecule has 1 aromatic carbocycles. The standard InChI is InChI=1S/C14H16Cl2N2O2S/c1-14(2)13(20)17-4-5-18(14)12(19)8-6-11(21-3)10(16)7-9(8)15/h6-7H,4-5H2,1-3H3,(H,17,20). The summed E-state index contributed by atoms with van der Waals surface area (Å²) in [6, 6.07) is 3.25. The molecule has 0 atom stereocenters. The molecule has 114 valence electrons. The van der Waals surface area contributed by atoms with E-state index >= 15 is 0 Å². The molecule has 1 fully saturated rings. The largest absolute Gasteiger partial charge is 0.352 e. The van der Waals surface area contributed by atoms with Gasteiger partial charge in [0.25, 0.3) is 5.91 Å². The SMILES string of the molecule is CSc1cc(C(=O)N2CCNC(=O)C2(C)C)c(Cl)cc1Cl. The molecule has 0 spiro atoms. The lowest BCUT2D eigenvalue weighted by molar-refractivity contribution is -0.133. The van der Waals surface area contributed by atoms with Crippen molar-refractivity contribution in [3.05, 3.63) is 27.7 Å². The molecule has 4 nitrogen and oxygen atoms in total. The van der Waals surface area contributed by atoms with E-state index in [1.807, 2.05) is 6.26 Å². The van der Waals surface area contributed by atoms with Gasteiger partial charge in [0, 0.05) is 18.0 Å². The Morgan fingerprint density at radius 2 is 2.00 bits per heavy atom. The Labute approximate surface area is 138 Å². The summed E-state index contributed by atoms with van der Waals surface area (Å²) in [5.41, 5.74) is -0.536. The zero-order valence-electron chi connectivity index (χ0n) is 12.0. The monoisotopic (exact) mass is 346 g/mol. The fourth-order valence-corrected chi connectivity index (χ4v) is 3.43. The number of halogens is 2. The molecule has 1 saturated heterocycles. The first-order valence-corrected chi connectivity index (χ1v) is 8.40. The zero-order chi connectivity index (χ0) is 15.8. The van der Waals surface area contributed by atoms with E-state index in [-0.39, 0.29) is 11.8 Å². The number of carbonyl (C=O) groups excluding carboxylic acids is 2. The van der Waals surface area contributed by atoms with Crippen molar-refractivity contribution >= 4 is 46.8 Å². The van der Waals surface area contributed by atoms with Gasteiger partial charge in [0.1, 0.15) is 5.54 Å². The van der Waals surface area contributed by atoms with Crippen molar-refractivity contribution in [3.8, 4) is 0 Å². The molecule has 0 saturated carbocycles. The number of hydrogen-bond acceptors (Lipinski definition) is 3. The molecular formula is C14H16Cl2N2O2S. The molecule has 0 aliphatic carbocycles. The van der Waals surface area contributed by atoms with Crippen molar-refractivity contribution in [2.75, 3.05) is 19.3 Å². The van der Waals surface area contributed by atoms with E-state index in [9.17, 15) is 9.59 Å². The maximum atomic E-state index is 12.8. The second-order valence-electron chi connectivity index (χ2n) is 5.24. The fourth-order valence-electron chi connectivity index (χ4n) is 2.25. The molecule has 0 aromatic heterocycles. The van der Waals surface area contributed by atoms with Gasteiger partial charge in [-0.05, 0) is 32.2 Å². The van der Waals surface area contributed by atoms with E-state index < -0.39 is 5.54 Å². The van der Waals surface area contributed by atoms with Gasteiger partial charge in [0.2, 0.25) is 5.91 Å². The van der Waals surface area contributed by atoms with Crippen LogP contribution < -0.4 is 5.32 Å². The maximum Gasteiger partial charge on any atom is 0.256 e. The van der Waals surface area contributed by atoms with Crippen LogP contribution in [0.1, 0.15) is 24.2 Å². The van der Waals surface area contributed by atoms with Crippen LogP contribution in [-0.4, -0.2) is 41.6 Å². The normalized spacial score (nSPS) is 17.6. The van der Waals surface area contributed by atoms with Crippen LogP contribution in [0.5, 0.6) is 0 Å². The number of hydrogen-bond donors (Lipinski definition) is 1. The topological polar surface area (TPSA) is 49.4 Å². The quantitative estimate of drug-likeness (QED) is 0.837. The van der Waals surface area contributed by atoms with E-state index in [4.69, 9.17) is 23.2 Å². The van der Waals surface area contributed by atoms with Gasteiger partial charge in [0.05, 0.1) is 15.6 Å². The van der Waals surface area contributed by atoms with E-state index in [1.165, 1.54) is 11.8 Å². The number of nitrogens with zero attached hydrogens (tertiary/aromatic N) is 1. The molecular weight excluding hydrogens is 331 g/mol. The summed E-state index contributed by atoms with van der Waals surface area (Å²) in [6.07, 6.45) is 1.88. The van der Waals surface area contributed by atoms with Crippen molar-refractivity contribution in [1.82, 2.24) is 10.2 Å². The van der Waals surface area contributed by atoms with Crippen molar-refractivity contribution in [2.24, 2.45) is 0 Å². The van der Waals surface area contributed by atoms with Crippen LogP contribution in [0.2, 0.25) is 10.0 Å². The third-order valence-electron chi connectivity index (χ3n) is 3.57. The maximum absolute atomic E-state index is 12.8. The average Bonchev–Trinajstić information content (AvgIpc) is 2.41. The Bertz CT molecular complexity index is 605. The van der Waals surface area contributed by atoms with Crippen LogP contribution >= 0.6 is 35.0 Å². The van der Waals surface area contributed by atoms with E-state index in [0.29, 0.717) is 28.7 Å². The minimum Gasteiger partial charge on any atom is -0.352 e. The van der Waals surface area contributed by atoms with Crippen molar-refractivity contribution in [2.45, 2.75) is 24.3 Å². The molecule has 1 aromatic rings. The van der Waals surface area contributed by atoms with E-state index in [1.54, 1.807) is 30.9 Å². The molecule has 1 heterocycles. The molecule has 7 heteroatoms. The molecule has 2 amide bonds. The number of amides is 2. The first kappa shape index (κ1) is 16.5. The average molecular weight is 347 g/mol. The first-order chi connectivity index (χ1) is 9.78. The van der Waals surface area contributed by atoms with Gasteiger partial charge < -0.3 is 10.2 Å². The van der Waals surface area contributed by atoms with Crippen molar-refractivity contribution < 1.29 is 9.59 Å². The van der Waals surface area contributed by atoms with Gasteiger partial charge in [-0.3, -0.25) is 9.59 Å². The van der Waals surface area contributed by atoms with Gasteiger partial charge in [-0.2, -0.15) is 0 Å². The van der Waals surface area contributed by atoms with Crippen LogP contribution in [0.4, 0.5) is 0 Å². The second-order valence-corrected chi connectivity index (χ2v) is 6.90. The van der Waals surface area contributed by atoms with Gasteiger partial charge in [0.15, 0.2) is 0 Å². The Kier molecular flexibility index (Phi) is 4.76. The molecule has 2 rings (SSSR count). The number of rotatable bonds is 2. The van der Waals surface area contributed by atoms with Gasteiger partial charge in [-0.1, -0.05) is 23.2 Å². The summed E-state index contributed by atoms with van der Waals surface area (Å²) in [6.45, 7) is 4.33. The summed E-state index contributed by atoms with van der Waals surface area (Å²) < 4.78 is 0. The highest BCUT2D eigenvalue weighted by molar-refractivity contribution is 7.98. The molecule has 0 bridgehead atoms. The summed E-state index contributed by atoms with van der Waals surface area (Å²) in [5, 5.41) is 3.57. The lowest BCUT2D eigenvalue weighted by atomic mass is 9.97. The minimum absolute atomic E-state index is 0.169. The Morgan fingerprint density at radius 1 is 1.33 bits per heavy atom. The number of thioether (sulfide) groups is 1. The van der Waals surface area contributed by atoms with Crippen LogP contribution in [0.25, 0.3) is 0 Å². The summed E-state index contributed by atoms with van der Waals surface area (Å²) in [5.74, 6) is -0.427. The molecule has 1 N–H and O–H groups in total. The number of piperazine rings is 1. The second kappa shape index (κ2) is 6.07. The number of nitrogens with one attached hydrogen (secondary N) is 1. The number of benzene rings is 1. The van der Waals surface area contributed by atoms with Gasteiger partial charge in [-0.25, -0.2) is 0 Å². The predicted octanol–water partition coefficient (Wildman–Crippen LogP) is 3.07. The summed E-state index contributed by atoms with van der Waals surface area (Å²) >= 11 is 13.7. The minimum atomic E-state index is -0.905. The van der Waals surface area contributed by atoms with Crippen LogP contribution in [-0.2, 0) is 4.79 Å². The fraction of sp³-hybridized carbons (Fsp3) is 0.429. The third-order valence-corrected chi connectivity index (χ3v) is 5.08. The summed E-state index contributed by atoms with van der Waals surface area (Å²) in [7, 11) is 0. The Morgan fingerprint density at radius 3 is 2.62 bits per heavy atom. The predicted molar refractivity (Wildman–Crippen MR) is 86.4 cm³/mol. The Hall–Kier alpha value is -0.910. The van der Waals surface area contributed by atoms with Gasteiger partial charge in [-0.15, -0.1) is 11.8 Å². The van der Waals surface area contributed by atoms with Crippen LogP contribution in [0.15, 0.2) is 17.0 Å². The highest BCUT2D eigenvalue weighted by atomic mass is 35.5. The number of carbonyl (C=O) groups is 2. The molecule has 0 unspecified atom stereocenters. The first-order valence-electron chi connectivity index (χ1n) is 6.42. The highest BCUT2D eigenvalue weighted by Gasteiger charge is 2.41. The highest BCUT2D eigenvalue weighted by Crippen LogP contribution is 2.33. The smallest absolute Gasteiger partial charge is 0.256 e.